The molecule has 5 nitrogen and oxygen atoms in total. The van der Waals surface area contributed by atoms with Crippen molar-refractivity contribution in [2.45, 2.75) is 0 Å². The van der Waals surface area contributed by atoms with Gasteiger partial charge >= 0.3 is 0 Å². The number of hydrogen-bond acceptors (Lipinski definition) is 6. The number of furan rings is 2. The Hall–Kier alpha value is -9.75. The summed E-state index contributed by atoms with van der Waals surface area (Å²) in [7, 11) is 0. The lowest BCUT2D eigenvalue weighted by molar-refractivity contribution is 0.669. The van der Waals surface area contributed by atoms with Gasteiger partial charge in [0.05, 0.1) is 0 Å². The molecule has 0 N–H and O–H groups in total. The molecule has 17 aromatic rings. The Morgan fingerprint density at radius 3 is 1.39 bits per heavy atom. The summed E-state index contributed by atoms with van der Waals surface area (Å²) in [6, 6.07) is 80.6. The standard InChI is InChI=1S/C69H37N3O2S/c1-2-11-45-44(10-1)46-30-26-40(34-57(46)58-36-42(27-31-47(45)58)41-28-32-48-52-14-8-19-60-64(52)65-53(56(48)35-41)15-9-20-61(65)74-60)38-22-24-39(25-23-38)67-70-68(43-29-33-50-49-12-3-5-18-59(49)73-62(50)37-43)72-69(71-67)55-17-7-16-54-51-13-4-6-21-63(51)75-66(54)55/h1-37H. The van der Waals surface area contributed by atoms with Crippen LogP contribution in [-0.4, -0.2) is 15.0 Å². The molecular weight excluding hydrogens is 935 g/mol. The fourth-order valence-corrected chi connectivity index (χ4v) is 13.4. The molecule has 0 spiro atoms. The molecule has 0 atom stereocenters. The molecule has 0 aliphatic carbocycles. The summed E-state index contributed by atoms with van der Waals surface area (Å²) < 4.78 is 15.1. The van der Waals surface area contributed by atoms with Gasteiger partial charge in [-0.05, 0) is 137 Å². The highest BCUT2D eigenvalue weighted by Gasteiger charge is 2.21. The van der Waals surface area contributed by atoms with Gasteiger partial charge in [0, 0.05) is 58.4 Å². The maximum absolute atomic E-state index is 6.36. The average Bonchev–Trinajstić information content (AvgIpc) is 4.20. The van der Waals surface area contributed by atoms with Gasteiger partial charge in [-0.3, -0.25) is 0 Å². The molecule has 0 bridgehead atoms. The molecule has 0 saturated heterocycles. The van der Waals surface area contributed by atoms with E-state index in [4.69, 9.17) is 23.8 Å². The van der Waals surface area contributed by atoms with Gasteiger partial charge < -0.3 is 8.83 Å². The Morgan fingerprint density at radius 1 is 0.253 bits per heavy atom. The lowest BCUT2D eigenvalue weighted by Crippen LogP contribution is -2.00. The number of fused-ring (bicyclic) bond motifs is 15. The minimum Gasteiger partial charge on any atom is -0.456 e. The van der Waals surface area contributed by atoms with Crippen LogP contribution in [0.25, 0.3) is 174 Å². The van der Waals surface area contributed by atoms with E-state index in [-0.39, 0.29) is 0 Å². The predicted molar refractivity (Wildman–Crippen MR) is 313 cm³/mol. The van der Waals surface area contributed by atoms with E-state index in [0.717, 1.165) is 65.6 Å². The summed E-state index contributed by atoms with van der Waals surface area (Å²) in [6.07, 6.45) is 0. The van der Waals surface area contributed by atoms with Gasteiger partial charge in [0.25, 0.3) is 0 Å². The van der Waals surface area contributed by atoms with E-state index in [0.29, 0.717) is 17.5 Å². The molecule has 0 aliphatic rings. The smallest absolute Gasteiger partial charge is 0.165 e. The zero-order chi connectivity index (χ0) is 48.9. The van der Waals surface area contributed by atoms with Crippen molar-refractivity contribution >= 4 is 129 Å². The highest BCUT2D eigenvalue weighted by Crippen LogP contribution is 2.46. The van der Waals surface area contributed by atoms with E-state index in [9.17, 15) is 0 Å². The number of benzene rings is 13. The number of para-hydroxylation sites is 1. The summed E-state index contributed by atoms with van der Waals surface area (Å²) in [4.78, 5) is 15.7. The third-order valence-corrected chi connectivity index (χ3v) is 16.9. The molecule has 17 rings (SSSR count). The Balaban J connectivity index is 0.800. The molecule has 4 heterocycles. The minimum absolute atomic E-state index is 0.588. The maximum Gasteiger partial charge on any atom is 0.165 e. The Morgan fingerprint density at radius 2 is 0.680 bits per heavy atom. The van der Waals surface area contributed by atoms with E-state index < -0.39 is 0 Å². The van der Waals surface area contributed by atoms with Gasteiger partial charge in [0.15, 0.2) is 17.5 Å². The monoisotopic (exact) mass is 971 g/mol. The van der Waals surface area contributed by atoms with Crippen LogP contribution in [-0.2, 0) is 0 Å². The molecule has 0 fully saturated rings. The minimum atomic E-state index is 0.588. The summed E-state index contributed by atoms with van der Waals surface area (Å²) in [6.45, 7) is 0. The van der Waals surface area contributed by atoms with Crippen LogP contribution in [0.3, 0.4) is 0 Å². The topological polar surface area (TPSA) is 65.0 Å². The Kier molecular flexibility index (Phi) is 8.37. The second kappa shape index (κ2) is 15.4. The number of thiophene rings is 1. The van der Waals surface area contributed by atoms with Crippen LogP contribution in [0.2, 0.25) is 0 Å². The van der Waals surface area contributed by atoms with Crippen LogP contribution in [0.1, 0.15) is 0 Å². The van der Waals surface area contributed by atoms with Gasteiger partial charge in [-0.2, -0.15) is 0 Å². The quantitative estimate of drug-likeness (QED) is 0.161. The van der Waals surface area contributed by atoms with Gasteiger partial charge in [-0.15, -0.1) is 11.3 Å². The van der Waals surface area contributed by atoms with Crippen molar-refractivity contribution < 1.29 is 8.83 Å². The fourth-order valence-electron chi connectivity index (χ4n) is 12.2. The van der Waals surface area contributed by atoms with E-state index >= 15 is 0 Å². The molecule has 4 aromatic heterocycles. The zero-order valence-corrected chi connectivity index (χ0v) is 40.7. The molecule has 0 unspecified atom stereocenters. The van der Waals surface area contributed by atoms with E-state index in [1.807, 2.05) is 18.2 Å². The molecule has 0 aliphatic heterocycles. The first kappa shape index (κ1) is 40.8. The summed E-state index contributed by atoms with van der Waals surface area (Å²) >= 11 is 1.77. The molecule has 6 heteroatoms. The zero-order valence-electron chi connectivity index (χ0n) is 39.9. The normalized spacial score (nSPS) is 12.3. The molecule has 0 radical (unpaired) electrons. The van der Waals surface area contributed by atoms with E-state index in [2.05, 4.69) is 206 Å². The summed E-state index contributed by atoms with van der Waals surface area (Å²) in [5.74, 6) is 1.82. The second-order valence-electron chi connectivity index (χ2n) is 19.8. The summed E-state index contributed by atoms with van der Waals surface area (Å²) in [5.41, 5.74) is 10.9. The van der Waals surface area contributed by atoms with Crippen LogP contribution in [0.4, 0.5) is 0 Å². The molecule has 0 amide bonds. The second-order valence-corrected chi connectivity index (χ2v) is 20.8. The molecule has 0 saturated carbocycles. The SMILES string of the molecule is c1ccc2c(c1)oc1cc(-c3nc(-c4ccc(-c5ccc6c7ccccc7c7ccc(-c8ccc9c(c8)c8cccc%10oc%11cccc9c%11c%108)cc7c6c5)cc4)nc(-c4cccc5c4sc4ccccc45)n3)ccc12. The fraction of sp³-hybridized carbons (Fsp3) is 0. The van der Waals surface area contributed by atoms with Crippen LogP contribution >= 0.6 is 11.3 Å². The van der Waals surface area contributed by atoms with Crippen molar-refractivity contribution in [2.24, 2.45) is 0 Å². The van der Waals surface area contributed by atoms with Gasteiger partial charge in [-0.25, -0.2) is 15.0 Å². The third-order valence-electron chi connectivity index (χ3n) is 15.7. The van der Waals surface area contributed by atoms with Gasteiger partial charge in [0.1, 0.15) is 22.3 Å². The van der Waals surface area contributed by atoms with Crippen LogP contribution < -0.4 is 0 Å². The lowest BCUT2D eigenvalue weighted by atomic mass is 9.89. The number of aromatic nitrogens is 3. The Labute approximate surface area is 431 Å². The van der Waals surface area contributed by atoms with Crippen LogP contribution in [0.15, 0.2) is 233 Å². The highest BCUT2D eigenvalue weighted by molar-refractivity contribution is 7.26. The average molecular weight is 972 g/mol. The van der Waals surface area contributed by atoms with Crippen molar-refractivity contribution in [1.29, 1.82) is 0 Å². The van der Waals surface area contributed by atoms with Crippen LogP contribution in [0.5, 0.6) is 0 Å². The maximum atomic E-state index is 6.36. The van der Waals surface area contributed by atoms with E-state index in [1.165, 1.54) is 91.2 Å². The van der Waals surface area contributed by atoms with Crippen molar-refractivity contribution in [3.63, 3.8) is 0 Å². The molecule has 346 valence electrons. The molecular formula is C69H37N3O2S. The molecule has 13 aromatic carbocycles. The predicted octanol–water partition coefficient (Wildman–Crippen LogP) is 19.6. The summed E-state index contributed by atoms with van der Waals surface area (Å²) in [5, 5.41) is 19.3. The van der Waals surface area contributed by atoms with Gasteiger partial charge in [0.2, 0.25) is 0 Å². The number of hydrogen-bond donors (Lipinski definition) is 0. The first-order chi connectivity index (χ1) is 37.1. The Bertz CT molecular complexity index is 5260. The first-order valence-corrected chi connectivity index (χ1v) is 26.1. The highest BCUT2D eigenvalue weighted by atomic mass is 32.1. The van der Waals surface area contributed by atoms with Crippen molar-refractivity contribution in [1.82, 2.24) is 15.0 Å². The number of rotatable bonds is 5. The third kappa shape index (κ3) is 6.03. The van der Waals surface area contributed by atoms with E-state index in [1.54, 1.807) is 11.3 Å². The van der Waals surface area contributed by atoms with Gasteiger partial charge in [-0.1, -0.05) is 164 Å². The van der Waals surface area contributed by atoms with Crippen molar-refractivity contribution in [2.75, 3.05) is 0 Å². The molecule has 75 heavy (non-hydrogen) atoms. The van der Waals surface area contributed by atoms with Crippen molar-refractivity contribution in [3.05, 3.63) is 224 Å². The van der Waals surface area contributed by atoms with Crippen molar-refractivity contribution in [3.8, 4) is 56.4 Å². The number of nitrogens with zero attached hydrogens (tertiary/aromatic N) is 3. The largest absolute Gasteiger partial charge is 0.456 e. The first-order valence-electron chi connectivity index (χ1n) is 25.3. The lowest BCUT2D eigenvalue weighted by Gasteiger charge is -2.14. The van der Waals surface area contributed by atoms with Crippen LogP contribution in [0, 0.1) is 0 Å².